The lowest BCUT2D eigenvalue weighted by molar-refractivity contribution is -0.148. The summed E-state index contributed by atoms with van der Waals surface area (Å²) in [4.78, 5) is 10.9. The van der Waals surface area contributed by atoms with E-state index in [9.17, 15) is 13.2 Å². The van der Waals surface area contributed by atoms with Gasteiger partial charge in [0.15, 0.2) is 11.5 Å². The Morgan fingerprint density at radius 1 is 1.03 bits per heavy atom. The summed E-state index contributed by atoms with van der Waals surface area (Å²) in [5.41, 5.74) is 9.76. The zero-order valence-corrected chi connectivity index (χ0v) is 16.4. The number of nitrogens with zero attached hydrogens (tertiary/aromatic N) is 5. The number of benzene rings is 1. The molecule has 5 rings (SSSR count). The minimum Gasteiger partial charge on any atom is -0.368 e. The number of halogens is 3. The Kier molecular flexibility index (Phi) is 4.65. The fourth-order valence-corrected chi connectivity index (χ4v) is 4.39. The molecule has 2 aliphatic rings. The number of hydrogen-bond donors (Lipinski definition) is 1. The average Bonchev–Trinajstić information content (AvgIpc) is 3.44. The quantitative estimate of drug-likeness (QED) is 0.696. The predicted octanol–water partition coefficient (Wildman–Crippen LogP) is 3.99. The molecular formula is C21H23F3N6. The van der Waals surface area contributed by atoms with Gasteiger partial charge in [0.1, 0.15) is 0 Å². The molecule has 3 heterocycles. The maximum Gasteiger partial charge on any atom is 0.401 e. The highest BCUT2D eigenvalue weighted by Crippen LogP contribution is 2.46. The fraction of sp³-hybridized carbons (Fsp3) is 0.476. The van der Waals surface area contributed by atoms with Crippen LogP contribution in [-0.4, -0.2) is 50.3 Å². The lowest BCUT2D eigenvalue weighted by atomic mass is 9.97. The summed E-state index contributed by atoms with van der Waals surface area (Å²) in [6.45, 7) is -0.154. The first-order valence-electron chi connectivity index (χ1n) is 10.3. The van der Waals surface area contributed by atoms with Crippen molar-refractivity contribution in [2.24, 2.45) is 0 Å². The molecule has 1 atom stereocenters. The molecule has 1 aliphatic carbocycles. The van der Waals surface area contributed by atoms with Crippen LogP contribution in [0.4, 0.5) is 19.1 Å². The first-order chi connectivity index (χ1) is 14.4. The highest BCUT2D eigenvalue weighted by Gasteiger charge is 2.36. The SMILES string of the molecule is Nc1nc(-c2ccccc2)c(C2CC2)c2nc([C@@H]3CCCN(CC(F)(F)F)C3)nn12. The number of likely N-dealkylation sites (tertiary alicyclic amines) is 1. The zero-order valence-electron chi connectivity index (χ0n) is 16.4. The first kappa shape index (κ1) is 19.3. The van der Waals surface area contributed by atoms with Crippen LogP contribution >= 0.6 is 0 Å². The van der Waals surface area contributed by atoms with Crippen molar-refractivity contribution in [3.8, 4) is 11.3 Å². The number of piperidine rings is 1. The summed E-state index contributed by atoms with van der Waals surface area (Å²) in [6, 6.07) is 9.86. The molecule has 0 spiro atoms. The van der Waals surface area contributed by atoms with Gasteiger partial charge >= 0.3 is 6.18 Å². The van der Waals surface area contributed by atoms with Gasteiger partial charge in [-0.15, -0.1) is 5.10 Å². The second-order valence-electron chi connectivity index (χ2n) is 8.27. The van der Waals surface area contributed by atoms with Crippen LogP contribution in [0.5, 0.6) is 0 Å². The van der Waals surface area contributed by atoms with E-state index in [0.29, 0.717) is 36.9 Å². The Bertz CT molecular complexity index is 1060. The topological polar surface area (TPSA) is 72.3 Å². The van der Waals surface area contributed by atoms with E-state index in [-0.39, 0.29) is 11.9 Å². The molecule has 158 valence electrons. The number of aromatic nitrogens is 4. The van der Waals surface area contributed by atoms with Gasteiger partial charge in [-0.05, 0) is 38.1 Å². The van der Waals surface area contributed by atoms with E-state index in [0.717, 1.165) is 36.1 Å². The first-order valence-corrected chi connectivity index (χ1v) is 10.3. The van der Waals surface area contributed by atoms with Crippen molar-refractivity contribution in [2.75, 3.05) is 25.4 Å². The Hall–Kier alpha value is -2.68. The maximum atomic E-state index is 12.8. The van der Waals surface area contributed by atoms with Gasteiger partial charge in [-0.3, -0.25) is 4.90 Å². The third kappa shape index (κ3) is 3.74. The van der Waals surface area contributed by atoms with Crippen LogP contribution in [-0.2, 0) is 0 Å². The van der Waals surface area contributed by atoms with E-state index in [4.69, 9.17) is 10.7 Å². The standard InChI is InChI=1S/C21H23F3N6/c22-21(23,24)12-29-10-4-7-15(11-29)18-27-19-16(13-8-9-13)17(14-5-2-1-3-6-14)26-20(25)30(19)28-18/h1-3,5-6,13,15H,4,7-12H2,(H2,25,26)/t15-/m1/s1. The van der Waals surface area contributed by atoms with Crippen LogP contribution in [0.3, 0.4) is 0 Å². The van der Waals surface area contributed by atoms with E-state index in [1.54, 1.807) is 4.52 Å². The molecule has 2 N–H and O–H groups in total. The van der Waals surface area contributed by atoms with E-state index in [2.05, 4.69) is 10.1 Å². The van der Waals surface area contributed by atoms with Crippen molar-refractivity contribution in [1.82, 2.24) is 24.5 Å². The molecule has 2 aromatic heterocycles. The van der Waals surface area contributed by atoms with Crippen molar-refractivity contribution in [3.05, 3.63) is 41.7 Å². The van der Waals surface area contributed by atoms with Crippen LogP contribution < -0.4 is 5.73 Å². The number of nitrogens with two attached hydrogens (primary N) is 1. The molecule has 2 fully saturated rings. The van der Waals surface area contributed by atoms with Gasteiger partial charge in [-0.1, -0.05) is 30.3 Å². The molecule has 1 saturated carbocycles. The lowest BCUT2D eigenvalue weighted by Crippen LogP contribution is -2.40. The Balaban J connectivity index is 1.54. The van der Waals surface area contributed by atoms with Gasteiger partial charge in [-0.25, -0.2) is 9.97 Å². The zero-order chi connectivity index (χ0) is 20.9. The molecule has 1 aliphatic heterocycles. The molecule has 3 aromatic rings. The summed E-state index contributed by atoms with van der Waals surface area (Å²) in [5, 5.41) is 4.58. The van der Waals surface area contributed by atoms with Gasteiger partial charge in [0.25, 0.3) is 0 Å². The van der Waals surface area contributed by atoms with Crippen LogP contribution in [0.15, 0.2) is 30.3 Å². The van der Waals surface area contributed by atoms with Crippen molar-refractivity contribution in [3.63, 3.8) is 0 Å². The predicted molar refractivity (Wildman–Crippen MR) is 107 cm³/mol. The Morgan fingerprint density at radius 2 is 1.80 bits per heavy atom. The van der Waals surface area contributed by atoms with Crippen LogP contribution in [0.2, 0.25) is 0 Å². The van der Waals surface area contributed by atoms with E-state index >= 15 is 0 Å². The van der Waals surface area contributed by atoms with Crippen molar-refractivity contribution in [1.29, 1.82) is 0 Å². The summed E-state index contributed by atoms with van der Waals surface area (Å²) in [5.74, 6) is 1.02. The second kappa shape index (κ2) is 7.23. The van der Waals surface area contributed by atoms with Gasteiger partial charge in [-0.2, -0.15) is 17.7 Å². The van der Waals surface area contributed by atoms with Gasteiger partial charge in [0, 0.05) is 23.6 Å². The number of hydrogen-bond acceptors (Lipinski definition) is 5. The van der Waals surface area contributed by atoms with Crippen LogP contribution in [0.1, 0.15) is 48.9 Å². The average molecular weight is 416 g/mol. The molecular weight excluding hydrogens is 393 g/mol. The minimum atomic E-state index is -4.20. The molecule has 0 amide bonds. The number of nitrogen functional groups attached to an aromatic ring is 1. The highest BCUT2D eigenvalue weighted by atomic mass is 19.4. The normalized spacial score (nSPS) is 20.7. The lowest BCUT2D eigenvalue weighted by Gasteiger charge is -2.31. The summed E-state index contributed by atoms with van der Waals surface area (Å²) >= 11 is 0. The summed E-state index contributed by atoms with van der Waals surface area (Å²) < 4.78 is 40.1. The third-order valence-electron chi connectivity index (χ3n) is 5.87. The van der Waals surface area contributed by atoms with Crippen molar-refractivity contribution in [2.45, 2.75) is 43.7 Å². The third-order valence-corrected chi connectivity index (χ3v) is 5.87. The number of rotatable bonds is 4. The largest absolute Gasteiger partial charge is 0.401 e. The fourth-order valence-electron chi connectivity index (χ4n) is 4.39. The molecule has 6 nitrogen and oxygen atoms in total. The highest BCUT2D eigenvalue weighted by molar-refractivity contribution is 5.73. The summed E-state index contributed by atoms with van der Waals surface area (Å²) in [7, 11) is 0. The number of alkyl halides is 3. The van der Waals surface area contributed by atoms with E-state index in [1.165, 1.54) is 4.90 Å². The second-order valence-corrected chi connectivity index (χ2v) is 8.27. The number of anilines is 1. The van der Waals surface area contributed by atoms with Crippen molar-refractivity contribution < 1.29 is 13.2 Å². The molecule has 1 aromatic carbocycles. The van der Waals surface area contributed by atoms with Gasteiger partial charge in [0.2, 0.25) is 5.95 Å². The van der Waals surface area contributed by atoms with Crippen molar-refractivity contribution >= 4 is 11.6 Å². The maximum absolute atomic E-state index is 12.8. The number of fused-ring (bicyclic) bond motifs is 1. The molecule has 1 saturated heterocycles. The minimum absolute atomic E-state index is 0.146. The van der Waals surface area contributed by atoms with Gasteiger partial charge in [0.05, 0.1) is 12.2 Å². The van der Waals surface area contributed by atoms with Crippen LogP contribution in [0.25, 0.3) is 16.9 Å². The molecule has 0 radical (unpaired) electrons. The van der Waals surface area contributed by atoms with Gasteiger partial charge < -0.3 is 5.73 Å². The molecule has 0 bridgehead atoms. The Labute approximate surface area is 171 Å². The van der Waals surface area contributed by atoms with E-state index < -0.39 is 12.7 Å². The van der Waals surface area contributed by atoms with E-state index in [1.807, 2.05) is 30.3 Å². The molecule has 9 heteroatoms. The molecule has 0 unspecified atom stereocenters. The molecule has 30 heavy (non-hydrogen) atoms. The monoisotopic (exact) mass is 416 g/mol. The van der Waals surface area contributed by atoms with Crippen LogP contribution in [0, 0.1) is 0 Å². The summed E-state index contributed by atoms with van der Waals surface area (Å²) in [6.07, 6.45) is -0.623. The smallest absolute Gasteiger partial charge is 0.368 e. The Morgan fingerprint density at radius 3 is 2.50 bits per heavy atom.